The number of aliphatic hydroxyl groups is 1. The molecule has 1 rings (SSSR count). The average molecular weight is 262 g/mol. The third kappa shape index (κ3) is 4.96. The molecule has 0 aliphatic rings. The van der Waals surface area contributed by atoms with Gasteiger partial charge in [0.25, 0.3) is 0 Å². The molecule has 0 aliphatic carbocycles. The Morgan fingerprint density at radius 3 is 2.00 bits per heavy atom. The summed E-state index contributed by atoms with van der Waals surface area (Å²) >= 11 is 0. The van der Waals surface area contributed by atoms with Crippen molar-refractivity contribution >= 4 is 0 Å². The van der Waals surface area contributed by atoms with Gasteiger partial charge in [0.2, 0.25) is 0 Å². The number of halogens is 3. The smallest absolute Gasteiger partial charge is 0.406 e. The lowest BCUT2D eigenvalue weighted by Crippen LogP contribution is -2.28. The van der Waals surface area contributed by atoms with Gasteiger partial charge in [-0.05, 0) is 29.5 Å². The van der Waals surface area contributed by atoms with Crippen molar-refractivity contribution in [3.8, 4) is 5.75 Å². The zero-order valence-electron chi connectivity index (χ0n) is 10.6. The Morgan fingerprint density at radius 1 is 1.11 bits per heavy atom. The average Bonchev–Trinajstić information content (AvgIpc) is 2.17. The normalized spacial score (nSPS) is 14.4. The number of benzene rings is 1. The largest absolute Gasteiger partial charge is 0.573 e. The topological polar surface area (TPSA) is 29.5 Å². The monoisotopic (exact) mass is 262 g/mol. The molecule has 0 bridgehead atoms. The Labute approximate surface area is 104 Å². The second kappa shape index (κ2) is 5.18. The van der Waals surface area contributed by atoms with Crippen LogP contribution in [0.25, 0.3) is 0 Å². The van der Waals surface area contributed by atoms with Gasteiger partial charge >= 0.3 is 6.36 Å². The van der Waals surface area contributed by atoms with Crippen LogP contribution >= 0.6 is 0 Å². The van der Waals surface area contributed by atoms with Gasteiger partial charge in [-0.2, -0.15) is 0 Å². The molecule has 0 fully saturated rings. The van der Waals surface area contributed by atoms with Crippen molar-refractivity contribution in [2.75, 3.05) is 0 Å². The number of ether oxygens (including phenoxy) is 1. The summed E-state index contributed by atoms with van der Waals surface area (Å²) in [6.07, 6.45) is -4.82. The van der Waals surface area contributed by atoms with Gasteiger partial charge in [-0.25, -0.2) is 0 Å². The lowest BCUT2D eigenvalue weighted by molar-refractivity contribution is -0.274. The summed E-state index contributed by atoms with van der Waals surface area (Å²) in [6.45, 7) is 5.70. The van der Waals surface area contributed by atoms with Crippen LogP contribution in [0.5, 0.6) is 5.75 Å². The van der Waals surface area contributed by atoms with Crippen LogP contribution in [0.2, 0.25) is 0 Å². The maximum Gasteiger partial charge on any atom is 0.573 e. The first-order valence-electron chi connectivity index (χ1n) is 5.61. The van der Waals surface area contributed by atoms with Gasteiger partial charge in [-0.15, -0.1) is 13.2 Å². The van der Waals surface area contributed by atoms with E-state index < -0.39 is 12.5 Å². The van der Waals surface area contributed by atoms with Crippen molar-refractivity contribution in [3.63, 3.8) is 0 Å². The standard InChI is InChI=1S/C13H17F3O2/c1-12(2,3)11(17)8-9-4-6-10(7-5-9)18-13(14,15)16/h4-7,11,17H,8H2,1-3H3. The molecule has 18 heavy (non-hydrogen) atoms. The molecule has 1 aromatic carbocycles. The van der Waals surface area contributed by atoms with E-state index in [1.165, 1.54) is 24.3 Å². The van der Waals surface area contributed by atoms with Crippen molar-refractivity contribution in [1.29, 1.82) is 0 Å². The molecule has 0 heterocycles. The van der Waals surface area contributed by atoms with Crippen molar-refractivity contribution < 1.29 is 23.0 Å². The fourth-order valence-corrected chi connectivity index (χ4v) is 1.36. The molecule has 0 saturated heterocycles. The van der Waals surface area contributed by atoms with Crippen LogP contribution < -0.4 is 4.74 Å². The molecule has 0 amide bonds. The maximum atomic E-state index is 11.9. The van der Waals surface area contributed by atoms with Gasteiger partial charge in [0.15, 0.2) is 0 Å². The molecule has 5 heteroatoms. The molecule has 102 valence electrons. The molecule has 1 aromatic rings. The summed E-state index contributed by atoms with van der Waals surface area (Å²) in [4.78, 5) is 0. The first-order chi connectivity index (χ1) is 8.08. The first kappa shape index (κ1) is 14.8. The predicted molar refractivity (Wildman–Crippen MR) is 62.3 cm³/mol. The summed E-state index contributed by atoms with van der Waals surface area (Å²) in [7, 11) is 0. The van der Waals surface area contributed by atoms with Crippen LogP contribution in [-0.4, -0.2) is 17.6 Å². The van der Waals surface area contributed by atoms with Gasteiger partial charge in [-0.1, -0.05) is 32.9 Å². The van der Waals surface area contributed by atoms with Gasteiger partial charge < -0.3 is 9.84 Å². The molecule has 2 nitrogen and oxygen atoms in total. The van der Waals surface area contributed by atoms with Crippen molar-refractivity contribution in [2.24, 2.45) is 5.41 Å². The highest BCUT2D eigenvalue weighted by Gasteiger charge is 2.31. The number of hydrogen-bond acceptors (Lipinski definition) is 2. The second-order valence-electron chi connectivity index (χ2n) is 5.28. The summed E-state index contributed by atoms with van der Waals surface area (Å²) < 4.78 is 39.6. The minimum atomic E-state index is -4.67. The number of rotatable bonds is 3. The Kier molecular flexibility index (Phi) is 4.27. The summed E-state index contributed by atoms with van der Waals surface area (Å²) in [5.74, 6) is -0.253. The van der Waals surface area contributed by atoms with E-state index in [4.69, 9.17) is 0 Å². The zero-order valence-corrected chi connectivity index (χ0v) is 10.6. The fourth-order valence-electron chi connectivity index (χ4n) is 1.36. The number of aliphatic hydroxyl groups excluding tert-OH is 1. The summed E-state index contributed by atoms with van der Waals surface area (Å²) in [5, 5.41) is 9.88. The fraction of sp³-hybridized carbons (Fsp3) is 0.538. The van der Waals surface area contributed by atoms with Crippen LogP contribution in [0.1, 0.15) is 26.3 Å². The third-order valence-electron chi connectivity index (χ3n) is 2.59. The van der Waals surface area contributed by atoms with E-state index in [1.54, 1.807) is 0 Å². The van der Waals surface area contributed by atoms with Crippen LogP contribution in [0.3, 0.4) is 0 Å². The number of hydrogen-bond donors (Lipinski definition) is 1. The Bertz CT molecular complexity index is 377. The van der Waals surface area contributed by atoms with Gasteiger partial charge in [0.05, 0.1) is 6.10 Å². The van der Waals surface area contributed by atoms with Crippen LogP contribution in [0.4, 0.5) is 13.2 Å². The lowest BCUT2D eigenvalue weighted by Gasteiger charge is -2.25. The number of alkyl halides is 3. The molecule has 0 aliphatic heterocycles. The van der Waals surface area contributed by atoms with Crippen LogP contribution in [0.15, 0.2) is 24.3 Å². The molecule has 1 N–H and O–H groups in total. The van der Waals surface area contributed by atoms with Gasteiger partial charge in [-0.3, -0.25) is 0 Å². The molecule has 1 unspecified atom stereocenters. The van der Waals surface area contributed by atoms with Crippen molar-refractivity contribution in [3.05, 3.63) is 29.8 Å². The molecule has 0 radical (unpaired) electrons. The minimum absolute atomic E-state index is 0.253. The maximum absolute atomic E-state index is 11.9. The van der Waals surface area contributed by atoms with Gasteiger partial charge in [0.1, 0.15) is 5.75 Å². The molecule has 0 saturated carbocycles. The lowest BCUT2D eigenvalue weighted by atomic mass is 9.85. The van der Waals surface area contributed by atoms with Gasteiger partial charge in [0, 0.05) is 0 Å². The van der Waals surface area contributed by atoms with Crippen LogP contribution in [-0.2, 0) is 6.42 Å². The van der Waals surface area contributed by atoms with E-state index in [0.717, 1.165) is 5.56 Å². The Hall–Kier alpha value is -1.23. The van der Waals surface area contributed by atoms with E-state index in [9.17, 15) is 18.3 Å². The molecule has 0 aromatic heterocycles. The minimum Gasteiger partial charge on any atom is -0.406 e. The highest BCUT2D eigenvalue weighted by molar-refractivity contribution is 5.27. The highest BCUT2D eigenvalue weighted by atomic mass is 19.4. The van der Waals surface area contributed by atoms with E-state index in [1.807, 2.05) is 20.8 Å². The van der Waals surface area contributed by atoms with E-state index in [2.05, 4.69) is 4.74 Å². The third-order valence-corrected chi connectivity index (χ3v) is 2.59. The highest BCUT2D eigenvalue weighted by Crippen LogP contribution is 2.25. The van der Waals surface area contributed by atoms with E-state index in [0.29, 0.717) is 6.42 Å². The predicted octanol–water partition coefficient (Wildman–Crippen LogP) is 3.53. The quantitative estimate of drug-likeness (QED) is 0.902. The summed E-state index contributed by atoms with van der Waals surface area (Å²) in [6, 6.07) is 5.54. The van der Waals surface area contributed by atoms with Crippen molar-refractivity contribution in [2.45, 2.75) is 39.7 Å². The van der Waals surface area contributed by atoms with E-state index in [-0.39, 0.29) is 11.2 Å². The SMILES string of the molecule is CC(C)(C)C(O)Cc1ccc(OC(F)(F)F)cc1. The molecule has 0 spiro atoms. The Morgan fingerprint density at radius 2 is 1.61 bits per heavy atom. The van der Waals surface area contributed by atoms with Crippen molar-refractivity contribution in [1.82, 2.24) is 0 Å². The molecular formula is C13H17F3O2. The molecule has 1 atom stereocenters. The molecular weight excluding hydrogens is 245 g/mol. The zero-order chi connectivity index (χ0) is 14.0. The second-order valence-corrected chi connectivity index (χ2v) is 5.28. The van der Waals surface area contributed by atoms with E-state index >= 15 is 0 Å². The first-order valence-corrected chi connectivity index (χ1v) is 5.61. The van der Waals surface area contributed by atoms with Crippen LogP contribution in [0, 0.1) is 5.41 Å². The Balaban J connectivity index is 2.66. The summed E-state index contributed by atoms with van der Waals surface area (Å²) in [5.41, 5.74) is 0.508.